The number of fused-ring (bicyclic) bond motifs is 1. The van der Waals surface area contributed by atoms with Crippen LogP contribution in [0.2, 0.25) is 0 Å². The molecule has 2 heterocycles. The second-order valence-corrected chi connectivity index (χ2v) is 6.59. The van der Waals surface area contributed by atoms with Gasteiger partial charge in [0.1, 0.15) is 5.58 Å². The molecular formula is C18H24N2O2. The van der Waals surface area contributed by atoms with Crippen molar-refractivity contribution in [3.8, 4) is 0 Å². The Morgan fingerprint density at radius 3 is 2.95 bits per heavy atom. The Morgan fingerprint density at radius 2 is 2.18 bits per heavy atom. The van der Waals surface area contributed by atoms with Crippen LogP contribution in [0.1, 0.15) is 24.5 Å². The van der Waals surface area contributed by atoms with Gasteiger partial charge < -0.3 is 10.2 Å². The molecule has 2 N–H and O–H groups in total. The van der Waals surface area contributed by atoms with Gasteiger partial charge in [-0.2, -0.15) is 0 Å². The van der Waals surface area contributed by atoms with E-state index in [1.165, 1.54) is 6.42 Å². The lowest BCUT2D eigenvalue weighted by Gasteiger charge is -2.36. The van der Waals surface area contributed by atoms with E-state index in [0.717, 1.165) is 42.7 Å². The molecule has 1 aliphatic heterocycles. The smallest absolute Gasteiger partial charge is 0.336 e. The number of benzene rings is 1. The van der Waals surface area contributed by atoms with Crippen molar-refractivity contribution >= 4 is 11.0 Å². The zero-order valence-electron chi connectivity index (χ0n) is 13.3. The van der Waals surface area contributed by atoms with Gasteiger partial charge in [-0.25, -0.2) is 4.79 Å². The van der Waals surface area contributed by atoms with Crippen LogP contribution in [-0.4, -0.2) is 24.5 Å². The SMILES string of the molecule is Cc1ccc2c(CN3CCC(C)C(CN)C3)cc(=O)oc2c1. The standard InChI is InChI=1S/C18H24N2O2/c1-12-3-4-16-14(8-18(21)22-17(16)7-12)10-20-6-5-13(2)15(9-19)11-20/h3-4,7-8,13,15H,5-6,9-11,19H2,1-2H3. The number of nitrogens with zero attached hydrogens (tertiary/aromatic N) is 1. The third-order valence-corrected chi connectivity index (χ3v) is 4.88. The molecule has 1 aliphatic rings. The van der Waals surface area contributed by atoms with E-state index in [1.54, 1.807) is 6.07 Å². The van der Waals surface area contributed by atoms with E-state index in [9.17, 15) is 4.79 Å². The number of likely N-dealkylation sites (tertiary alicyclic amines) is 1. The number of nitrogens with two attached hydrogens (primary N) is 1. The maximum Gasteiger partial charge on any atom is 0.336 e. The summed E-state index contributed by atoms with van der Waals surface area (Å²) in [6.07, 6.45) is 1.17. The number of aryl methyl sites for hydroxylation is 1. The lowest BCUT2D eigenvalue weighted by atomic mass is 9.87. The molecular weight excluding hydrogens is 276 g/mol. The van der Waals surface area contributed by atoms with Gasteiger partial charge in [-0.05, 0) is 55.5 Å². The van der Waals surface area contributed by atoms with Crippen LogP contribution in [0.25, 0.3) is 11.0 Å². The first-order valence-electron chi connectivity index (χ1n) is 8.02. The van der Waals surface area contributed by atoms with Crippen molar-refractivity contribution in [1.82, 2.24) is 4.90 Å². The van der Waals surface area contributed by atoms with Gasteiger partial charge in [0.25, 0.3) is 0 Å². The van der Waals surface area contributed by atoms with Crippen molar-refractivity contribution < 1.29 is 4.42 Å². The van der Waals surface area contributed by atoms with Gasteiger partial charge in [0, 0.05) is 24.5 Å². The molecule has 1 aromatic heterocycles. The number of hydrogen-bond donors (Lipinski definition) is 1. The number of piperidine rings is 1. The van der Waals surface area contributed by atoms with Crippen LogP contribution < -0.4 is 11.4 Å². The predicted molar refractivity (Wildman–Crippen MR) is 88.8 cm³/mol. The summed E-state index contributed by atoms with van der Waals surface area (Å²) < 4.78 is 5.34. The second-order valence-electron chi connectivity index (χ2n) is 6.59. The lowest BCUT2D eigenvalue weighted by Crippen LogP contribution is -2.42. The Balaban J connectivity index is 1.89. The Kier molecular flexibility index (Phi) is 4.32. The fourth-order valence-corrected chi connectivity index (χ4v) is 3.38. The van der Waals surface area contributed by atoms with Crippen molar-refractivity contribution in [2.45, 2.75) is 26.8 Å². The van der Waals surface area contributed by atoms with Gasteiger partial charge in [-0.1, -0.05) is 19.1 Å². The molecule has 0 spiro atoms. The van der Waals surface area contributed by atoms with Crippen LogP contribution in [0.3, 0.4) is 0 Å². The largest absolute Gasteiger partial charge is 0.423 e. The van der Waals surface area contributed by atoms with E-state index >= 15 is 0 Å². The topological polar surface area (TPSA) is 59.5 Å². The molecule has 1 saturated heterocycles. The summed E-state index contributed by atoms with van der Waals surface area (Å²) in [7, 11) is 0. The third kappa shape index (κ3) is 3.08. The van der Waals surface area contributed by atoms with Crippen LogP contribution >= 0.6 is 0 Å². The van der Waals surface area contributed by atoms with Gasteiger partial charge in [0.05, 0.1) is 0 Å². The third-order valence-electron chi connectivity index (χ3n) is 4.88. The van der Waals surface area contributed by atoms with Crippen molar-refractivity contribution in [2.24, 2.45) is 17.6 Å². The summed E-state index contributed by atoms with van der Waals surface area (Å²) >= 11 is 0. The summed E-state index contributed by atoms with van der Waals surface area (Å²) in [6.45, 7) is 7.87. The highest BCUT2D eigenvalue weighted by Gasteiger charge is 2.25. The van der Waals surface area contributed by atoms with Crippen molar-refractivity contribution in [2.75, 3.05) is 19.6 Å². The van der Waals surface area contributed by atoms with Crippen molar-refractivity contribution in [3.63, 3.8) is 0 Å². The molecule has 4 heteroatoms. The zero-order chi connectivity index (χ0) is 15.7. The molecule has 3 rings (SSSR count). The van der Waals surface area contributed by atoms with E-state index in [4.69, 9.17) is 10.2 Å². The molecule has 22 heavy (non-hydrogen) atoms. The van der Waals surface area contributed by atoms with Crippen LogP contribution in [0.5, 0.6) is 0 Å². The molecule has 0 radical (unpaired) electrons. The van der Waals surface area contributed by atoms with Gasteiger partial charge in [-0.3, -0.25) is 4.90 Å². The first-order chi connectivity index (χ1) is 10.6. The molecule has 2 atom stereocenters. The first-order valence-corrected chi connectivity index (χ1v) is 8.02. The monoisotopic (exact) mass is 300 g/mol. The fourth-order valence-electron chi connectivity index (χ4n) is 3.38. The molecule has 0 aliphatic carbocycles. The maximum absolute atomic E-state index is 11.8. The quantitative estimate of drug-likeness (QED) is 0.885. The molecule has 1 aromatic carbocycles. The highest BCUT2D eigenvalue weighted by Crippen LogP contribution is 2.25. The molecule has 118 valence electrons. The van der Waals surface area contributed by atoms with Gasteiger partial charge in [0.2, 0.25) is 0 Å². The Hall–Kier alpha value is -1.65. The molecule has 2 unspecified atom stereocenters. The van der Waals surface area contributed by atoms with Crippen LogP contribution in [0.15, 0.2) is 33.5 Å². The molecule has 0 saturated carbocycles. The average Bonchev–Trinajstić information content (AvgIpc) is 2.48. The van der Waals surface area contributed by atoms with E-state index in [1.807, 2.05) is 13.0 Å². The predicted octanol–water partition coefficient (Wildman–Crippen LogP) is 2.52. The number of hydrogen-bond acceptors (Lipinski definition) is 4. The molecule has 4 nitrogen and oxygen atoms in total. The summed E-state index contributed by atoms with van der Waals surface area (Å²) in [4.78, 5) is 14.2. The average molecular weight is 300 g/mol. The van der Waals surface area contributed by atoms with Crippen LogP contribution in [0.4, 0.5) is 0 Å². The molecule has 0 amide bonds. The number of rotatable bonds is 3. The molecule has 1 fully saturated rings. The molecule has 2 aromatic rings. The summed E-state index contributed by atoms with van der Waals surface area (Å²) in [5.74, 6) is 1.23. The summed E-state index contributed by atoms with van der Waals surface area (Å²) in [5, 5.41) is 1.04. The van der Waals surface area contributed by atoms with E-state index in [-0.39, 0.29) is 5.63 Å². The Labute approximate surface area is 130 Å². The minimum absolute atomic E-state index is 0.270. The van der Waals surface area contributed by atoms with Crippen LogP contribution in [0, 0.1) is 18.8 Å². The second kappa shape index (κ2) is 6.23. The fraction of sp³-hybridized carbons (Fsp3) is 0.500. The van der Waals surface area contributed by atoms with Gasteiger partial charge >= 0.3 is 5.63 Å². The highest BCUT2D eigenvalue weighted by molar-refractivity contribution is 5.80. The zero-order valence-corrected chi connectivity index (χ0v) is 13.3. The summed E-state index contributed by atoms with van der Waals surface area (Å²) in [6, 6.07) is 7.68. The van der Waals surface area contributed by atoms with Crippen molar-refractivity contribution in [3.05, 3.63) is 45.8 Å². The highest BCUT2D eigenvalue weighted by atomic mass is 16.4. The van der Waals surface area contributed by atoms with Crippen LogP contribution in [-0.2, 0) is 6.54 Å². The van der Waals surface area contributed by atoms with Crippen molar-refractivity contribution in [1.29, 1.82) is 0 Å². The minimum Gasteiger partial charge on any atom is -0.423 e. The Morgan fingerprint density at radius 1 is 1.36 bits per heavy atom. The van der Waals surface area contributed by atoms with E-state index < -0.39 is 0 Å². The van der Waals surface area contributed by atoms with Gasteiger partial charge in [0.15, 0.2) is 0 Å². The minimum atomic E-state index is -0.270. The lowest BCUT2D eigenvalue weighted by molar-refractivity contribution is 0.126. The normalized spacial score (nSPS) is 23.0. The van der Waals surface area contributed by atoms with E-state index in [0.29, 0.717) is 17.4 Å². The van der Waals surface area contributed by atoms with Gasteiger partial charge in [-0.15, -0.1) is 0 Å². The Bertz CT molecular complexity index is 723. The maximum atomic E-state index is 11.8. The molecule has 0 bridgehead atoms. The summed E-state index contributed by atoms with van der Waals surface area (Å²) in [5.41, 5.74) is 8.46. The first kappa shape index (κ1) is 15.3. The van der Waals surface area contributed by atoms with E-state index in [2.05, 4.69) is 24.0 Å².